The topological polar surface area (TPSA) is 111 Å². The molecule has 0 aliphatic carbocycles. The molecular formula is C10H19N3O5. The zero-order valence-electron chi connectivity index (χ0n) is 10.5. The molecule has 0 aliphatic heterocycles. The summed E-state index contributed by atoms with van der Waals surface area (Å²) < 4.78 is 9.67. The molecule has 0 aromatic carbocycles. The number of hydrogen-bond donors (Lipinski definition) is 2. The lowest BCUT2D eigenvalue weighted by Crippen LogP contribution is -2.45. The van der Waals surface area contributed by atoms with E-state index in [-0.39, 0.29) is 13.1 Å². The maximum atomic E-state index is 11.5. The van der Waals surface area contributed by atoms with E-state index in [9.17, 15) is 14.4 Å². The van der Waals surface area contributed by atoms with E-state index in [0.717, 1.165) is 4.90 Å². The predicted molar refractivity (Wildman–Crippen MR) is 62.3 cm³/mol. The number of nitrogens with one attached hydrogen (secondary N) is 1. The van der Waals surface area contributed by atoms with Gasteiger partial charge in [-0.05, 0) is 13.0 Å². The molecule has 104 valence electrons. The zero-order valence-corrected chi connectivity index (χ0v) is 10.5. The first-order chi connectivity index (χ1) is 8.60. The largest absolute Gasteiger partial charge is 0.354 e. The Labute approximate surface area is 105 Å². The second-order valence-electron chi connectivity index (χ2n) is 3.36. The fourth-order valence-corrected chi connectivity index (χ4v) is 1.11. The fourth-order valence-electron chi connectivity index (χ4n) is 1.11. The van der Waals surface area contributed by atoms with E-state index in [2.05, 4.69) is 5.32 Å². The Morgan fingerprint density at radius 1 is 1.39 bits per heavy atom. The summed E-state index contributed by atoms with van der Waals surface area (Å²) in [5, 5.41) is 2.31. The van der Waals surface area contributed by atoms with E-state index < -0.39 is 18.1 Å². The van der Waals surface area contributed by atoms with E-state index >= 15 is 0 Å². The van der Waals surface area contributed by atoms with Gasteiger partial charge in [0.15, 0.2) is 6.29 Å². The van der Waals surface area contributed by atoms with Crippen molar-refractivity contribution in [1.29, 1.82) is 0 Å². The summed E-state index contributed by atoms with van der Waals surface area (Å²) in [5.74, 6) is -1.82. The summed E-state index contributed by atoms with van der Waals surface area (Å²) in [4.78, 5) is 34.4. The lowest BCUT2D eigenvalue weighted by Gasteiger charge is -2.16. The van der Waals surface area contributed by atoms with Crippen LogP contribution in [0.25, 0.3) is 0 Å². The van der Waals surface area contributed by atoms with Crippen LogP contribution in [0.15, 0.2) is 0 Å². The van der Waals surface area contributed by atoms with Crippen molar-refractivity contribution in [1.82, 2.24) is 10.2 Å². The molecule has 0 spiro atoms. The summed E-state index contributed by atoms with van der Waals surface area (Å²) in [7, 11) is 2.81. The van der Waals surface area contributed by atoms with Crippen LogP contribution in [0.2, 0.25) is 0 Å². The second kappa shape index (κ2) is 9.51. The number of rotatable bonds is 8. The average Bonchev–Trinajstić information content (AvgIpc) is 2.40. The first kappa shape index (κ1) is 16.5. The highest BCUT2D eigenvalue weighted by Gasteiger charge is 2.21. The Hall–Kier alpha value is -1.51. The molecule has 0 atom stereocenters. The van der Waals surface area contributed by atoms with Gasteiger partial charge in [-0.1, -0.05) is 0 Å². The number of carbonyl (C=O) groups excluding carboxylic acids is 3. The second-order valence-corrected chi connectivity index (χ2v) is 3.36. The third-order valence-electron chi connectivity index (χ3n) is 2.14. The van der Waals surface area contributed by atoms with Gasteiger partial charge in [0.2, 0.25) is 6.41 Å². The highest BCUT2D eigenvalue weighted by atomic mass is 16.7. The van der Waals surface area contributed by atoms with Crippen molar-refractivity contribution in [3.05, 3.63) is 0 Å². The summed E-state index contributed by atoms with van der Waals surface area (Å²) in [6, 6.07) is 0. The molecule has 0 aliphatic rings. The molecule has 0 bridgehead atoms. The van der Waals surface area contributed by atoms with Crippen molar-refractivity contribution >= 4 is 18.2 Å². The van der Waals surface area contributed by atoms with Gasteiger partial charge in [-0.25, -0.2) is 0 Å². The van der Waals surface area contributed by atoms with Crippen LogP contribution < -0.4 is 11.1 Å². The number of methoxy groups -OCH3 is 2. The SMILES string of the molecule is COC(CNC(=O)C(=O)N(C=O)CCCN)OC. The van der Waals surface area contributed by atoms with E-state index in [1.807, 2.05) is 0 Å². The Kier molecular flexibility index (Phi) is 8.71. The highest BCUT2D eigenvalue weighted by Crippen LogP contribution is 1.91. The van der Waals surface area contributed by atoms with Gasteiger partial charge in [-0.15, -0.1) is 0 Å². The summed E-state index contributed by atoms with van der Waals surface area (Å²) >= 11 is 0. The van der Waals surface area contributed by atoms with Crippen LogP contribution in [-0.4, -0.2) is 63.3 Å². The molecule has 0 saturated heterocycles. The molecular weight excluding hydrogens is 242 g/mol. The van der Waals surface area contributed by atoms with Gasteiger partial charge in [0.25, 0.3) is 0 Å². The van der Waals surface area contributed by atoms with Crippen LogP contribution in [0, 0.1) is 0 Å². The van der Waals surface area contributed by atoms with Crippen LogP contribution in [0.4, 0.5) is 0 Å². The first-order valence-electron chi connectivity index (χ1n) is 5.40. The van der Waals surface area contributed by atoms with Crippen molar-refractivity contribution in [3.63, 3.8) is 0 Å². The minimum atomic E-state index is -0.926. The predicted octanol–water partition coefficient (Wildman–Crippen LogP) is -1.94. The molecule has 0 rings (SSSR count). The van der Waals surface area contributed by atoms with Crippen molar-refractivity contribution in [3.8, 4) is 0 Å². The van der Waals surface area contributed by atoms with E-state index in [4.69, 9.17) is 15.2 Å². The van der Waals surface area contributed by atoms with Crippen molar-refractivity contribution < 1.29 is 23.9 Å². The van der Waals surface area contributed by atoms with Crippen LogP contribution in [-0.2, 0) is 23.9 Å². The van der Waals surface area contributed by atoms with Gasteiger partial charge < -0.3 is 20.5 Å². The third kappa shape index (κ3) is 5.71. The molecule has 0 saturated carbocycles. The maximum Gasteiger partial charge on any atom is 0.318 e. The van der Waals surface area contributed by atoms with E-state index in [1.165, 1.54) is 14.2 Å². The fraction of sp³-hybridized carbons (Fsp3) is 0.700. The Bertz CT molecular complexity index is 281. The lowest BCUT2D eigenvalue weighted by molar-refractivity contribution is -0.150. The molecule has 0 aromatic rings. The smallest absolute Gasteiger partial charge is 0.318 e. The first-order valence-corrected chi connectivity index (χ1v) is 5.40. The molecule has 0 heterocycles. The van der Waals surface area contributed by atoms with Crippen LogP contribution in [0.1, 0.15) is 6.42 Å². The number of carbonyl (C=O) groups is 3. The van der Waals surface area contributed by atoms with Gasteiger partial charge in [0, 0.05) is 20.8 Å². The van der Waals surface area contributed by atoms with Crippen LogP contribution in [0.5, 0.6) is 0 Å². The molecule has 8 nitrogen and oxygen atoms in total. The molecule has 3 amide bonds. The highest BCUT2D eigenvalue weighted by molar-refractivity contribution is 6.36. The van der Waals surface area contributed by atoms with Crippen molar-refractivity contribution in [2.75, 3.05) is 33.9 Å². The molecule has 0 aromatic heterocycles. The minimum absolute atomic E-state index is 0.0150. The molecule has 18 heavy (non-hydrogen) atoms. The van der Waals surface area contributed by atoms with Crippen molar-refractivity contribution in [2.24, 2.45) is 5.73 Å². The molecule has 0 radical (unpaired) electrons. The third-order valence-corrected chi connectivity index (χ3v) is 2.14. The van der Waals surface area contributed by atoms with Gasteiger partial charge in [-0.3, -0.25) is 19.3 Å². The molecule has 0 fully saturated rings. The Balaban J connectivity index is 4.22. The maximum absolute atomic E-state index is 11.5. The van der Waals surface area contributed by atoms with Gasteiger partial charge in [0.1, 0.15) is 0 Å². The summed E-state index contributed by atoms with van der Waals surface area (Å²) in [5.41, 5.74) is 5.25. The van der Waals surface area contributed by atoms with Crippen LogP contribution >= 0.6 is 0 Å². The summed E-state index contributed by atoms with van der Waals surface area (Å²) in [6.07, 6.45) is 0.105. The monoisotopic (exact) mass is 261 g/mol. The minimum Gasteiger partial charge on any atom is -0.354 e. The molecule has 0 unspecified atom stereocenters. The zero-order chi connectivity index (χ0) is 14.0. The molecule has 8 heteroatoms. The number of ether oxygens (including phenoxy) is 2. The average molecular weight is 261 g/mol. The normalized spacial score (nSPS) is 10.2. The lowest BCUT2D eigenvalue weighted by atomic mass is 10.3. The summed E-state index contributed by atoms with van der Waals surface area (Å²) in [6.45, 7) is 0.458. The van der Waals surface area contributed by atoms with Gasteiger partial charge >= 0.3 is 11.8 Å². The number of nitrogens with two attached hydrogens (primary N) is 1. The Morgan fingerprint density at radius 2 is 2.00 bits per heavy atom. The van der Waals surface area contributed by atoms with Crippen LogP contribution in [0.3, 0.4) is 0 Å². The number of imide groups is 1. The molecule has 3 N–H and O–H groups in total. The number of amides is 3. The standard InChI is InChI=1S/C10H19N3O5/c1-17-8(18-2)6-12-9(15)10(16)13(7-14)5-3-4-11/h7-8H,3-6,11H2,1-2H3,(H,12,15). The van der Waals surface area contributed by atoms with E-state index in [1.54, 1.807) is 0 Å². The Morgan fingerprint density at radius 3 is 2.44 bits per heavy atom. The number of hydrogen-bond acceptors (Lipinski definition) is 6. The quantitative estimate of drug-likeness (QED) is 0.298. The number of nitrogens with zero attached hydrogens (tertiary/aromatic N) is 1. The van der Waals surface area contributed by atoms with E-state index in [0.29, 0.717) is 19.4 Å². The van der Waals surface area contributed by atoms with Gasteiger partial charge in [0.05, 0.1) is 6.54 Å². The van der Waals surface area contributed by atoms with Gasteiger partial charge in [-0.2, -0.15) is 0 Å². The van der Waals surface area contributed by atoms with Crippen molar-refractivity contribution in [2.45, 2.75) is 12.7 Å².